The van der Waals surface area contributed by atoms with Crippen LogP contribution in [0, 0.1) is 0 Å². The molecule has 2 amide bonds. The SMILES string of the molecule is NC(=O)C(=O)N/N=C\c1cn(-c2ccccc2)nc1-c1ccc(Cl)cc1. The van der Waals surface area contributed by atoms with Crippen molar-refractivity contribution >= 4 is 29.6 Å². The van der Waals surface area contributed by atoms with Crippen molar-refractivity contribution in [3.05, 3.63) is 71.4 Å². The van der Waals surface area contributed by atoms with E-state index >= 15 is 0 Å². The Kier molecular flexibility index (Phi) is 5.09. The molecule has 0 atom stereocenters. The standard InChI is InChI=1S/C18H14ClN5O2/c19-14-8-6-12(7-9-14)16-13(10-21-22-18(26)17(20)25)11-24(23-16)15-4-2-1-3-5-15/h1-11H,(H2,20,25)(H,22,26)/b21-10-. The summed E-state index contributed by atoms with van der Waals surface area (Å²) >= 11 is 5.94. The van der Waals surface area contributed by atoms with E-state index in [2.05, 4.69) is 15.6 Å². The van der Waals surface area contributed by atoms with E-state index in [1.807, 2.05) is 42.5 Å². The van der Waals surface area contributed by atoms with E-state index in [0.717, 1.165) is 11.3 Å². The number of primary amides is 1. The Hall–Kier alpha value is -3.45. The molecule has 8 heteroatoms. The van der Waals surface area contributed by atoms with Crippen molar-refractivity contribution in [3.63, 3.8) is 0 Å². The van der Waals surface area contributed by atoms with Crippen LogP contribution in [0.4, 0.5) is 0 Å². The molecule has 0 aliphatic rings. The van der Waals surface area contributed by atoms with E-state index in [4.69, 9.17) is 17.3 Å². The Bertz CT molecular complexity index is 965. The van der Waals surface area contributed by atoms with Crippen LogP contribution >= 0.6 is 11.6 Å². The van der Waals surface area contributed by atoms with Gasteiger partial charge in [-0.15, -0.1) is 0 Å². The lowest BCUT2D eigenvalue weighted by atomic mass is 10.1. The van der Waals surface area contributed by atoms with E-state index < -0.39 is 11.8 Å². The van der Waals surface area contributed by atoms with Crippen molar-refractivity contribution in [3.8, 4) is 16.9 Å². The molecule has 7 nitrogen and oxygen atoms in total. The van der Waals surface area contributed by atoms with Gasteiger partial charge in [0.15, 0.2) is 0 Å². The van der Waals surface area contributed by atoms with Gasteiger partial charge in [-0.05, 0) is 24.3 Å². The number of hydrogen-bond acceptors (Lipinski definition) is 4. The highest BCUT2D eigenvalue weighted by Gasteiger charge is 2.12. The van der Waals surface area contributed by atoms with Gasteiger partial charge < -0.3 is 5.73 Å². The van der Waals surface area contributed by atoms with E-state index in [0.29, 0.717) is 16.3 Å². The van der Waals surface area contributed by atoms with Crippen molar-refractivity contribution in [1.82, 2.24) is 15.2 Å². The molecule has 3 N–H and O–H groups in total. The van der Waals surface area contributed by atoms with Crippen LogP contribution in [-0.4, -0.2) is 27.8 Å². The number of carbonyl (C=O) groups is 2. The van der Waals surface area contributed by atoms with Crippen LogP contribution in [0.2, 0.25) is 5.02 Å². The fourth-order valence-electron chi connectivity index (χ4n) is 2.24. The number of para-hydroxylation sites is 1. The summed E-state index contributed by atoms with van der Waals surface area (Å²) in [6.07, 6.45) is 3.16. The Morgan fingerprint density at radius 1 is 1.12 bits per heavy atom. The summed E-state index contributed by atoms with van der Waals surface area (Å²) in [7, 11) is 0. The minimum Gasteiger partial charge on any atom is -0.361 e. The second-order valence-corrected chi connectivity index (χ2v) is 5.72. The molecule has 0 aliphatic carbocycles. The van der Waals surface area contributed by atoms with Gasteiger partial charge in [-0.25, -0.2) is 10.1 Å². The number of hydrogen-bond donors (Lipinski definition) is 2. The molecule has 0 radical (unpaired) electrons. The smallest absolute Gasteiger partial charge is 0.329 e. The Morgan fingerprint density at radius 2 is 1.81 bits per heavy atom. The van der Waals surface area contributed by atoms with Crippen molar-refractivity contribution in [2.24, 2.45) is 10.8 Å². The molecule has 0 aliphatic heterocycles. The Morgan fingerprint density at radius 3 is 2.46 bits per heavy atom. The van der Waals surface area contributed by atoms with Gasteiger partial charge in [-0.3, -0.25) is 9.59 Å². The summed E-state index contributed by atoms with van der Waals surface area (Å²) < 4.78 is 1.70. The zero-order valence-electron chi connectivity index (χ0n) is 13.5. The number of carbonyl (C=O) groups excluding carboxylic acids is 2. The highest BCUT2D eigenvalue weighted by molar-refractivity contribution is 6.34. The molecule has 0 saturated heterocycles. The Balaban J connectivity index is 1.99. The average molecular weight is 368 g/mol. The first-order valence-electron chi connectivity index (χ1n) is 7.58. The van der Waals surface area contributed by atoms with Gasteiger partial charge in [-0.2, -0.15) is 10.2 Å². The van der Waals surface area contributed by atoms with Crippen molar-refractivity contribution < 1.29 is 9.59 Å². The maximum atomic E-state index is 11.2. The quantitative estimate of drug-likeness (QED) is 0.419. The fourth-order valence-corrected chi connectivity index (χ4v) is 2.37. The summed E-state index contributed by atoms with van der Waals surface area (Å²) in [4.78, 5) is 22.0. The number of nitrogens with one attached hydrogen (secondary N) is 1. The predicted octanol–water partition coefficient (Wildman–Crippen LogP) is 2.13. The normalized spacial score (nSPS) is 10.8. The number of nitrogens with two attached hydrogens (primary N) is 1. The van der Waals surface area contributed by atoms with Gasteiger partial charge in [0, 0.05) is 22.3 Å². The molecule has 0 fully saturated rings. The van der Waals surface area contributed by atoms with E-state index in [-0.39, 0.29) is 0 Å². The lowest BCUT2D eigenvalue weighted by Crippen LogP contribution is -2.32. The summed E-state index contributed by atoms with van der Waals surface area (Å²) in [6, 6.07) is 16.7. The van der Waals surface area contributed by atoms with E-state index in [1.54, 1.807) is 23.0 Å². The summed E-state index contributed by atoms with van der Waals surface area (Å²) in [6.45, 7) is 0. The molecule has 3 aromatic rings. The molecular weight excluding hydrogens is 354 g/mol. The van der Waals surface area contributed by atoms with Crippen LogP contribution in [0.15, 0.2) is 65.9 Å². The van der Waals surface area contributed by atoms with Gasteiger partial charge in [0.2, 0.25) is 0 Å². The topological polar surface area (TPSA) is 102 Å². The van der Waals surface area contributed by atoms with Gasteiger partial charge in [0.05, 0.1) is 11.9 Å². The second-order valence-electron chi connectivity index (χ2n) is 5.28. The summed E-state index contributed by atoms with van der Waals surface area (Å²) in [5, 5.41) is 8.97. The van der Waals surface area contributed by atoms with Gasteiger partial charge in [0.1, 0.15) is 5.69 Å². The molecule has 130 valence electrons. The van der Waals surface area contributed by atoms with E-state index in [1.165, 1.54) is 6.21 Å². The maximum Gasteiger partial charge on any atom is 0.329 e. The highest BCUT2D eigenvalue weighted by Crippen LogP contribution is 2.24. The fraction of sp³-hybridized carbons (Fsp3) is 0. The Labute approximate surface area is 154 Å². The zero-order chi connectivity index (χ0) is 18.5. The molecule has 0 spiro atoms. The number of halogens is 1. The first-order chi connectivity index (χ1) is 12.5. The largest absolute Gasteiger partial charge is 0.361 e. The van der Waals surface area contributed by atoms with Crippen molar-refractivity contribution in [2.45, 2.75) is 0 Å². The molecule has 0 unspecified atom stereocenters. The second kappa shape index (κ2) is 7.62. The lowest BCUT2D eigenvalue weighted by Gasteiger charge is -2.00. The first kappa shape index (κ1) is 17.4. The summed E-state index contributed by atoms with van der Waals surface area (Å²) in [5.41, 5.74) is 9.91. The minimum atomic E-state index is -1.11. The number of amides is 2. The minimum absolute atomic E-state index is 0.611. The molecule has 0 saturated carbocycles. The van der Waals surface area contributed by atoms with Crippen LogP contribution in [0.5, 0.6) is 0 Å². The third-order valence-corrected chi connectivity index (χ3v) is 3.73. The molecule has 2 aromatic carbocycles. The molecule has 1 aromatic heterocycles. The van der Waals surface area contributed by atoms with Crippen molar-refractivity contribution in [1.29, 1.82) is 0 Å². The molecular formula is C18H14ClN5O2. The maximum absolute atomic E-state index is 11.2. The summed E-state index contributed by atoms with van der Waals surface area (Å²) in [5.74, 6) is -2.11. The van der Waals surface area contributed by atoms with E-state index in [9.17, 15) is 9.59 Å². The highest BCUT2D eigenvalue weighted by atomic mass is 35.5. The van der Waals surface area contributed by atoms with Crippen LogP contribution < -0.4 is 11.2 Å². The monoisotopic (exact) mass is 367 g/mol. The van der Waals surface area contributed by atoms with Crippen LogP contribution in [0.3, 0.4) is 0 Å². The van der Waals surface area contributed by atoms with Gasteiger partial charge in [0.25, 0.3) is 0 Å². The number of rotatable bonds is 4. The van der Waals surface area contributed by atoms with Crippen LogP contribution in [0.1, 0.15) is 5.56 Å². The predicted molar refractivity (Wildman–Crippen MR) is 98.9 cm³/mol. The number of hydrazone groups is 1. The number of aromatic nitrogens is 2. The van der Waals surface area contributed by atoms with Crippen LogP contribution in [0.25, 0.3) is 16.9 Å². The molecule has 26 heavy (non-hydrogen) atoms. The van der Waals surface area contributed by atoms with Gasteiger partial charge in [-0.1, -0.05) is 41.9 Å². The van der Waals surface area contributed by atoms with Crippen LogP contribution in [-0.2, 0) is 9.59 Å². The third-order valence-electron chi connectivity index (χ3n) is 3.47. The molecule has 1 heterocycles. The average Bonchev–Trinajstić information content (AvgIpc) is 3.07. The van der Waals surface area contributed by atoms with Gasteiger partial charge >= 0.3 is 11.8 Å². The molecule has 0 bridgehead atoms. The molecule has 3 rings (SSSR count). The number of benzene rings is 2. The third kappa shape index (κ3) is 3.96. The number of nitrogens with zero attached hydrogens (tertiary/aromatic N) is 3. The zero-order valence-corrected chi connectivity index (χ0v) is 14.2. The lowest BCUT2D eigenvalue weighted by molar-refractivity contribution is -0.137. The van der Waals surface area contributed by atoms with Crippen molar-refractivity contribution in [2.75, 3.05) is 0 Å². The first-order valence-corrected chi connectivity index (χ1v) is 7.96.